The highest BCUT2D eigenvalue weighted by atomic mass is 15.3. The van der Waals surface area contributed by atoms with Gasteiger partial charge in [-0.15, -0.1) is 10.2 Å². The van der Waals surface area contributed by atoms with Crippen LogP contribution in [-0.2, 0) is 6.42 Å². The highest BCUT2D eigenvalue weighted by molar-refractivity contribution is 5.39. The van der Waals surface area contributed by atoms with Gasteiger partial charge in [-0.3, -0.25) is 4.68 Å². The highest BCUT2D eigenvalue weighted by Gasteiger charge is 2.27. The monoisotopic (exact) mass is 308 g/mol. The third-order valence-electron chi connectivity index (χ3n) is 4.91. The molecule has 23 heavy (non-hydrogen) atoms. The van der Waals surface area contributed by atoms with Gasteiger partial charge in [0, 0.05) is 6.20 Å². The second kappa shape index (κ2) is 5.99. The summed E-state index contributed by atoms with van der Waals surface area (Å²) in [5.74, 6) is 0.706. The third-order valence-corrected chi connectivity index (χ3v) is 4.91. The molecule has 1 fully saturated rings. The molecule has 1 atom stereocenters. The smallest absolute Gasteiger partial charge is 0.163 e. The molecule has 2 aromatic rings. The van der Waals surface area contributed by atoms with Crippen molar-refractivity contribution in [3.8, 4) is 6.07 Å². The van der Waals surface area contributed by atoms with E-state index >= 15 is 0 Å². The lowest BCUT2D eigenvalue weighted by Gasteiger charge is -2.22. The van der Waals surface area contributed by atoms with Gasteiger partial charge in [-0.25, -0.2) is 0 Å². The number of nitriles is 1. The molecule has 0 saturated heterocycles. The number of rotatable bonds is 3. The second-order valence-corrected chi connectivity index (χ2v) is 6.46. The van der Waals surface area contributed by atoms with Crippen molar-refractivity contribution < 1.29 is 0 Å². The molecule has 0 spiro atoms. The maximum Gasteiger partial charge on any atom is 0.163 e. The maximum absolute atomic E-state index is 8.80. The number of nitrogens with one attached hydrogen (secondary N) is 1. The van der Waals surface area contributed by atoms with Crippen molar-refractivity contribution in [2.45, 2.75) is 57.0 Å². The van der Waals surface area contributed by atoms with Crippen LogP contribution < -0.4 is 5.32 Å². The molecule has 2 aliphatic rings. The predicted octanol–water partition coefficient (Wildman–Crippen LogP) is 3.15. The first kappa shape index (κ1) is 14.2. The fourth-order valence-corrected chi connectivity index (χ4v) is 3.71. The van der Waals surface area contributed by atoms with Crippen molar-refractivity contribution in [1.82, 2.24) is 20.0 Å². The minimum absolute atomic E-state index is 0.184. The Kier molecular flexibility index (Phi) is 3.70. The van der Waals surface area contributed by atoms with Crippen molar-refractivity contribution in [2.75, 3.05) is 5.32 Å². The molecule has 0 aromatic carbocycles. The summed E-state index contributed by atoms with van der Waals surface area (Å²) >= 11 is 0. The van der Waals surface area contributed by atoms with E-state index in [4.69, 9.17) is 10.4 Å². The van der Waals surface area contributed by atoms with Gasteiger partial charge >= 0.3 is 0 Å². The Morgan fingerprint density at radius 3 is 2.74 bits per heavy atom. The molecule has 0 radical (unpaired) electrons. The normalized spacial score (nSPS) is 20.9. The number of nitrogens with zero attached hydrogens (tertiary/aromatic N) is 5. The van der Waals surface area contributed by atoms with Crippen molar-refractivity contribution in [3.05, 3.63) is 35.3 Å². The lowest BCUT2D eigenvalue weighted by molar-refractivity contribution is 0.459. The Morgan fingerprint density at radius 1 is 1.13 bits per heavy atom. The van der Waals surface area contributed by atoms with Gasteiger partial charge in [0.25, 0.3) is 0 Å². The van der Waals surface area contributed by atoms with Crippen LogP contribution in [0.5, 0.6) is 0 Å². The van der Waals surface area contributed by atoms with Crippen LogP contribution in [0.1, 0.15) is 67.6 Å². The predicted molar refractivity (Wildman–Crippen MR) is 85.8 cm³/mol. The van der Waals surface area contributed by atoms with E-state index in [1.54, 1.807) is 6.07 Å². The molecule has 1 saturated carbocycles. The van der Waals surface area contributed by atoms with Crippen LogP contribution in [0.3, 0.4) is 0 Å². The molecule has 6 heteroatoms. The van der Waals surface area contributed by atoms with Crippen LogP contribution in [0, 0.1) is 11.3 Å². The lowest BCUT2D eigenvalue weighted by Crippen LogP contribution is -2.18. The first-order valence-corrected chi connectivity index (χ1v) is 8.42. The summed E-state index contributed by atoms with van der Waals surface area (Å²) in [7, 11) is 0. The quantitative estimate of drug-likeness (QED) is 0.942. The minimum Gasteiger partial charge on any atom is -0.360 e. The molecule has 0 bridgehead atoms. The highest BCUT2D eigenvalue weighted by Crippen LogP contribution is 2.34. The molecule has 6 nitrogen and oxygen atoms in total. The van der Waals surface area contributed by atoms with E-state index in [1.165, 1.54) is 31.2 Å². The fourth-order valence-electron chi connectivity index (χ4n) is 3.71. The summed E-state index contributed by atoms with van der Waals surface area (Å²) in [6.45, 7) is 0. The van der Waals surface area contributed by atoms with E-state index in [0.29, 0.717) is 17.6 Å². The van der Waals surface area contributed by atoms with Crippen LogP contribution in [0.25, 0.3) is 0 Å². The van der Waals surface area contributed by atoms with Gasteiger partial charge in [0.1, 0.15) is 11.9 Å². The molecule has 2 aromatic heterocycles. The van der Waals surface area contributed by atoms with Crippen molar-refractivity contribution in [3.63, 3.8) is 0 Å². The topological polar surface area (TPSA) is 79.4 Å². The van der Waals surface area contributed by atoms with Crippen molar-refractivity contribution in [1.29, 1.82) is 5.26 Å². The molecule has 0 aliphatic heterocycles. The summed E-state index contributed by atoms with van der Waals surface area (Å²) in [6.07, 6.45) is 10.7. The number of aryl methyl sites for hydroxylation is 1. The van der Waals surface area contributed by atoms with E-state index in [1.807, 2.05) is 12.1 Å². The summed E-state index contributed by atoms with van der Waals surface area (Å²) in [4.78, 5) is 0. The average Bonchev–Trinajstić information content (AvgIpc) is 3.25. The molecule has 2 heterocycles. The molecule has 1 unspecified atom stereocenters. The van der Waals surface area contributed by atoms with Crippen molar-refractivity contribution in [2.24, 2.45) is 0 Å². The first-order valence-electron chi connectivity index (χ1n) is 8.42. The zero-order chi connectivity index (χ0) is 15.6. The van der Waals surface area contributed by atoms with E-state index in [-0.39, 0.29) is 6.04 Å². The van der Waals surface area contributed by atoms with E-state index < -0.39 is 0 Å². The molecular weight excluding hydrogens is 288 g/mol. The zero-order valence-electron chi connectivity index (χ0n) is 13.1. The van der Waals surface area contributed by atoms with Gasteiger partial charge in [-0.2, -0.15) is 10.4 Å². The second-order valence-electron chi connectivity index (χ2n) is 6.46. The van der Waals surface area contributed by atoms with Crippen LogP contribution in [0.15, 0.2) is 18.3 Å². The summed E-state index contributed by atoms with van der Waals surface area (Å²) in [5, 5.41) is 25.1. The van der Waals surface area contributed by atoms with E-state index in [0.717, 1.165) is 25.0 Å². The van der Waals surface area contributed by atoms with E-state index in [9.17, 15) is 0 Å². The molecular formula is C17H20N6. The Hall–Kier alpha value is -2.42. The van der Waals surface area contributed by atoms with Gasteiger partial charge in [0.15, 0.2) is 5.69 Å². The van der Waals surface area contributed by atoms with E-state index in [2.05, 4.69) is 26.4 Å². The fraction of sp³-hybridized carbons (Fsp3) is 0.529. The first-order chi connectivity index (χ1) is 11.3. The molecule has 4 rings (SSSR count). The van der Waals surface area contributed by atoms with Crippen molar-refractivity contribution >= 4 is 5.82 Å². The summed E-state index contributed by atoms with van der Waals surface area (Å²) in [5.41, 5.74) is 2.86. The van der Waals surface area contributed by atoms with Gasteiger partial charge in [0.2, 0.25) is 0 Å². The van der Waals surface area contributed by atoms with Crippen LogP contribution in [0.2, 0.25) is 0 Å². The third kappa shape index (κ3) is 2.79. The number of hydrogen-bond donors (Lipinski definition) is 1. The molecule has 1 N–H and O–H groups in total. The lowest BCUT2D eigenvalue weighted by atomic mass is 9.94. The molecule has 0 amide bonds. The van der Waals surface area contributed by atoms with Crippen LogP contribution in [0.4, 0.5) is 5.82 Å². The largest absolute Gasteiger partial charge is 0.360 e. The molecule has 118 valence electrons. The van der Waals surface area contributed by atoms with Crippen LogP contribution >= 0.6 is 0 Å². The standard InChI is InChI=1S/C17H20N6/c18-10-13-8-9-16(21-20-13)19-15-7-3-4-12-11-23(22-17(12)15)14-5-1-2-6-14/h8-9,11,14-15H,1-7H2,(H,19,21). The minimum atomic E-state index is 0.184. The maximum atomic E-state index is 8.80. The number of fused-ring (bicyclic) bond motifs is 1. The van der Waals surface area contributed by atoms with Gasteiger partial charge in [-0.1, -0.05) is 12.8 Å². The summed E-state index contributed by atoms with van der Waals surface area (Å²) < 4.78 is 2.20. The van der Waals surface area contributed by atoms with Gasteiger partial charge < -0.3 is 5.32 Å². The Labute approximate surface area is 135 Å². The Morgan fingerprint density at radius 2 is 2.00 bits per heavy atom. The van der Waals surface area contributed by atoms with Gasteiger partial charge in [-0.05, 0) is 49.8 Å². The number of hydrogen-bond acceptors (Lipinski definition) is 5. The Bertz CT molecular complexity index is 721. The van der Waals surface area contributed by atoms with Gasteiger partial charge in [0.05, 0.1) is 17.8 Å². The SMILES string of the molecule is N#Cc1ccc(NC2CCCc3cn(C4CCCC4)nc32)nn1. The zero-order valence-corrected chi connectivity index (χ0v) is 13.1. The van der Waals surface area contributed by atoms with Crippen LogP contribution in [-0.4, -0.2) is 20.0 Å². The number of anilines is 1. The number of aromatic nitrogens is 4. The average molecular weight is 308 g/mol. The molecule has 2 aliphatic carbocycles. The summed E-state index contributed by atoms with van der Waals surface area (Å²) in [6, 6.07) is 6.26. The Balaban J connectivity index is 1.55.